The van der Waals surface area contributed by atoms with Crippen molar-refractivity contribution in [3.05, 3.63) is 47.9 Å². The minimum Gasteiger partial charge on any atom is -0.372 e. The highest BCUT2D eigenvalue weighted by Gasteiger charge is 2.15. The zero-order chi connectivity index (χ0) is 14.8. The Labute approximate surface area is 123 Å². The summed E-state index contributed by atoms with van der Waals surface area (Å²) >= 11 is 1.36. The summed E-state index contributed by atoms with van der Waals surface area (Å²) in [5.41, 5.74) is 0.945. The van der Waals surface area contributed by atoms with E-state index in [1.54, 1.807) is 7.05 Å². The first kappa shape index (κ1) is 13.4. The molecule has 0 aliphatic carbocycles. The van der Waals surface area contributed by atoms with Gasteiger partial charge in [0.1, 0.15) is 11.6 Å². The number of anilines is 2. The molecule has 0 fully saturated rings. The Morgan fingerprint density at radius 1 is 1.33 bits per heavy atom. The number of para-hydroxylation sites is 1. The first-order valence-corrected chi connectivity index (χ1v) is 6.99. The van der Waals surface area contributed by atoms with Crippen molar-refractivity contribution in [2.75, 3.05) is 17.7 Å². The van der Waals surface area contributed by atoms with E-state index in [9.17, 15) is 9.18 Å². The highest BCUT2D eigenvalue weighted by atomic mass is 32.1. The SMILES string of the molecule is CNc1ncc(F)cc1C(=O)Nc1nc2ccccc2s1. The lowest BCUT2D eigenvalue weighted by Crippen LogP contribution is -2.15. The van der Waals surface area contributed by atoms with Crippen LogP contribution in [0, 0.1) is 5.82 Å². The monoisotopic (exact) mass is 302 g/mol. The summed E-state index contributed by atoms with van der Waals surface area (Å²) in [5, 5.41) is 5.90. The van der Waals surface area contributed by atoms with Gasteiger partial charge in [-0.3, -0.25) is 10.1 Å². The topological polar surface area (TPSA) is 66.9 Å². The van der Waals surface area contributed by atoms with Crippen LogP contribution in [0.15, 0.2) is 36.5 Å². The standard InChI is InChI=1S/C14H11FN4OS/c1-16-12-9(6-8(15)7-17-12)13(20)19-14-18-10-4-2-3-5-11(10)21-14/h2-7H,1H3,(H,16,17)(H,18,19,20). The molecule has 3 aromatic rings. The molecule has 0 atom stereocenters. The summed E-state index contributed by atoms with van der Waals surface area (Å²) in [4.78, 5) is 20.4. The molecule has 2 N–H and O–H groups in total. The number of aromatic nitrogens is 2. The van der Waals surface area contributed by atoms with Gasteiger partial charge in [-0.25, -0.2) is 14.4 Å². The Morgan fingerprint density at radius 2 is 2.14 bits per heavy atom. The van der Waals surface area contributed by atoms with Crippen molar-refractivity contribution >= 4 is 38.4 Å². The molecule has 0 spiro atoms. The maximum atomic E-state index is 13.3. The van der Waals surface area contributed by atoms with Gasteiger partial charge in [0.25, 0.3) is 5.91 Å². The van der Waals surface area contributed by atoms with Gasteiger partial charge in [0.2, 0.25) is 0 Å². The van der Waals surface area contributed by atoms with Gasteiger partial charge in [0.05, 0.1) is 22.0 Å². The van der Waals surface area contributed by atoms with Gasteiger partial charge in [0.15, 0.2) is 5.13 Å². The molecule has 1 amide bonds. The van der Waals surface area contributed by atoms with Gasteiger partial charge >= 0.3 is 0 Å². The van der Waals surface area contributed by atoms with Crippen molar-refractivity contribution in [3.63, 3.8) is 0 Å². The zero-order valence-electron chi connectivity index (χ0n) is 11.1. The van der Waals surface area contributed by atoms with Crippen molar-refractivity contribution < 1.29 is 9.18 Å². The van der Waals surface area contributed by atoms with Gasteiger partial charge in [-0.2, -0.15) is 0 Å². The molecule has 0 bridgehead atoms. The van der Waals surface area contributed by atoms with E-state index in [0.717, 1.165) is 22.5 Å². The van der Waals surface area contributed by atoms with E-state index < -0.39 is 11.7 Å². The molecule has 0 radical (unpaired) electrons. The molecular weight excluding hydrogens is 291 g/mol. The van der Waals surface area contributed by atoms with Crippen molar-refractivity contribution in [3.8, 4) is 0 Å². The average Bonchev–Trinajstić information content (AvgIpc) is 2.89. The Balaban J connectivity index is 1.90. The van der Waals surface area contributed by atoms with E-state index in [0.29, 0.717) is 10.9 Å². The predicted octanol–water partition coefficient (Wildman–Crippen LogP) is 3.12. The fourth-order valence-corrected chi connectivity index (χ4v) is 2.76. The lowest BCUT2D eigenvalue weighted by atomic mass is 10.2. The number of nitrogens with zero attached hydrogens (tertiary/aromatic N) is 2. The predicted molar refractivity (Wildman–Crippen MR) is 81.3 cm³/mol. The third-order valence-corrected chi connectivity index (χ3v) is 3.80. The molecule has 5 nitrogen and oxygen atoms in total. The minimum absolute atomic E-state index is 0.136. The highest BCUT2D eigenvalue weighted by molar-refractivity contribution is 7.22. The molecule has 1 aromatic carbocycles. The van der Waals surface area contributed by atoms with Gasteiger partial charge in [-0.15, -0.1) is 0 Å². The molecule has 3 rings (SSSR count). The Bertz CT molecular complexity index is 785. The van der Waals surface area contributed by atoms with Crippen molar-refractivity contribution in [1.82, 2.24) is 9.97 Å². The van der Waals surface area contributed by atoms with Crippen LogP contribution in [0.25, 0.3) is 10.2 Å². The summed E-state index contributed by atoms with van der Waals surface area (Å²) in [6.45, 7) is 0. The number of pyridine rings is 1. The molecule has 0 aliphatic rings. The Hall–Kier alpha value is -2.54. The lowest BCUT2D eigenvalue weighted by Gasteiger charge is -2.07. The second-order valence-corrected chi connectivity index (χ2v) is 5.27. The quantitative estimate of drug-likeness (QED) is 0.780. The molecule has 2 heterocycles. The highest BCUT2D eigenvalue weighted by Crippen LogP contribution is 2.26. The van der Waals surface area contributed by atoms with Crippen molar-refractivity contribution in [1.29, 1.82) is 0 Å². The lowest BCUT2D eigenvalue weighted by molar-refractivity contribution is 0.102. The number of amides is 1. The molecule has 7 heteroatoms. The number of halogens is 1. The summed E-state index contributed by atoms with van der Waals surface area (Å²) in [6, 6.07) is 8.71. The number of hydrogen-bond donors (Lipinski definition) is 2. The van der Waals surface area contributed by atoms with Crippen LogP contribution in [-0.4, -0.2) is 22.9 Å². The van der Waals surface area contributed by atoms with Crippen LogP contribution >= 0.6 is 11.3 Å². The number of carbonyl (C=O) groups is 1. The van der Waals surface area contributed by atoms with Crippen molar-refractivity contribution in [2.45, 2.75) is 0 Å². The molecule has 0 saturated carbocycles. The van der Waals surface area contributed by atoms with E-state index in [1.807, 2.05) is 24.3 Å². The molecule has 0 saturated heterocycles. The second kappa shape index (κ2) is 5.45. The van der Waals surface area contributed by atoms with Crippen LogP contribution in [0.4, 0.5) is 15.3 Å². The number of hydrogen-bond acceptors (Lipinski definition) is 5. The number of rotatable bonds is 3. The smallest absolute Gasteiger partial charge is 0.261 e. The maximum Gasteiger partial charge on any atom is 0.261 e. The van der Waals surface area contributed by atoms with Crippen molar-refractivity contribution in [2.24, 2.45) is 0 Å². The van der Waals surface area contributed by atoms with Gasteiger partial charge < -0.3 is 5.32 Å². The average molecular weight is 302 g/mol. The third kappa shape index (κ3) is 2.68. The summed E-state index contributed by atoms with van der Waals surface area (Å²) in [6.07, 6.45) is 1.06. The van der Waals surface area contributed by atoms with Crippen LogP contribution < -0.4 is 10.6 Å². The molecule has 21 heavy (non-hydrogen) atoms. The molecule has 106 valence electrons. The second-order valence-electron chi connectivity index (χ2n) is 4.24. The third-order valence-electron chi connectivity index (χ3n) is 2.85. The molecule has 0 aliphatic heterocycles. The van der Waals surface area contributed by atoms with Crippen LogP contribution in [0.2, 0.25) is 0 Å². The van der Waals surface area contributed by atoms with E-state index in [-0.39, 0.29) is 5.56 Å². The molecule has 0 unspecified atom stereocenters. The molecule has 2 aromatic heterocycles. The van der Waals surface area contributed by atoms with Gasteiger partial charge in [-0.1, -0.05) is 23.5 Å². The normalized spacial score (nSPS) is 10.6. The number of nitrogens with one attached hydrogen (secondary N) is 2. The summed E-state index contributed by atoms with van der Waals surface area (Å²) < 4.78 is 14.2. The van der Waals surface area contributed by atoms with Crippen LogP contribution in [-0.2, 0) is 0 Å². The summed E-state index contributed by atoms with van der Waals surface area (Å²) in [5.74, 6) is -0.705. The van der Waals surface area contributed by atoms with E-state index >= 15 is 0 Å². The largest absolute Gasteiger partial charge is 0.372 e. The Kier molecular flexibility index (Phi) is 3.49. The number of thiazole rings is 1. The Morgan fingerprint density at radius 3 is 2.90 bits per heavy atom. The number of benzene rings is 1. The fraction of sp³-hybridized carbons (Fsp3) is 0.0714. The van der Waals surface area contributed by atoms with E-state index in [4.69, 9.17) is 0 Å². The van der Waals surface area contributed by atoms with Crippen LogP contribution in [0.3, 0.4) is 0 Å². The number of carbonyl (C=O) groups excluding carboxylic acids is 1. The van der Waals surface area contributed by atoms with Gasteiger partial charge in [0, 0.05) is 7.05 Å². The fourth-order valence-electron chi connectivity index (χ4n) is 1.90. The molecular formula is C14H11FN4OS. The zero-order valence-corrected chi connectivity index (χ0v) is 11.9. The number of fused-ring (bicyclic) bond motifs is 1. The minimum atomic E-state index is -0.566. The maximum absolute atomic E-state index is 13.3. The van der Waals surface area contributed by atoms with E-state index in [2.05, 4.69) is 20.6 Å². The van der Waals surface area contributed by atoms with E-state index in [1.165, 1.54) is 11.3 Å². The van der Waals surface area contributed by atoms with Crippen LogP contribution in [0.5, 0.6) is 0 Å². The van der Waals surface area contributed by atoms with Crippen LogP contribution in [0.1, 0.15) is 10.4 Å². The van der Waals surface area contributed by atoms with Gasteiger partial charge in [-0.05, 0) is 18.2 Å². The first-order valence-electron chi connectivity index (χ1n) is 6.17. The first-order chi connectivity index (χ1) is 10.2. The summed E-state index contributed by atoms with van der Waals surface area (Å²) in [7, 11) is 1.62.